The van der Waals surface area contributed by atoms with E-state index in [-0.39, 0.29) is 5.75 Å². The van der Waals surface area contributed by atoms with E-state index in [0.717, 1.165) is 20.6 Å². The number of hydrogen-bond donors (Lipinski definition) is 1. The van der Waals surface area contributed by atoms with Gasteiger partial charge in [-0.05, 0) is 38.2 Å². The molecular formula is C12H12N4OS2. The molecule has 0 aliphatic heterocycles. The molecule has 3 aromatic rings. The van der Waals surface area contributed by atoms with Crippen LogP contribution in [-0.2, 0) is 0 Å². The largest absolute Gasteiger partial charge is 0.508 e. The van der Waals surface area contributed by atoms with Gasteiger partial charge >= 0.3 is 0 Å². The first kappa shape index (κ1) is 12.5. The second kappa shape index (κ2) is 4.84. The van der Waals surface area contributed by atoms with Gasteiger partial charge in [0.2, 0.25) is 4.96 Å². The Hall–Kier alpha value is -1.57. The molecule has 0 saturated heterocycles. The standard InChI is InChI=1S/C12H12N4OS2/c1-15(2)19-12-14-16-7-10(13-11(16)18-12)8-4-3-5-9(17)6-8/h3-7,17H,1-2H3. The quantitative estimate of drug-likeness (QED) is 0.752. The van der Waals surface area contributed by atoms with Crippen molar-refractivity contribution < 1.29 is 5.11 Å². The number of aromatic nitrogens is 3. The van der Waals surface area contributed by atoms with Crippen LogP contribution < -0.4 is 0 Å². The van der Waals surface area contributed by atoms with Crippen molar-refractivity contribution in [3.05, 3.63) is 30.5 Å². The second-order valence-corrected chi connectivity index (χ2v) is 6.69. The fourth-order valence-corrected chi connectivity index (χ4v) is 3.55. The van der Waals surface area contributed by atoms with Gasteiger partial charge in [0, 0.05) is 5.56 Å². The van der Waals surface area contributed by atoms with E-state index in [9.17, 15) is 5.11 Å². The maximum atomic E-state index is 9.49. The molecule has 0 amide bonds. The molecule has 2 aromatic heterocycles. The molecule has 0 radical (unpaired) electrons. The first-order chi connectivity index (χ1) is 9.11. The van der Waals surface area contributed by atoms with E-state index in [0.29, 0.717) is 0 Å². The van der Waals surface area contributed by atoms with Crippen molar-refractivity contribution in [2.24, 2.45) is 0 Å². The van der Waals surface area contributed by atoms with Crippen molar-refractivity contribution in [2.45, 2.75) is 4.34 Å². The molecule has 0 atom stereocenters. The van der Waals surface area contributed by atoms with Crippen molar-refractivity contribution in [3.8, 4) is 17.0 Å². The lowest BCUT2D eigenvalue weighted by atomic mass is 10.2. The number of hydrogen-bond acceptors (Lipinski definition) is 6. The van der Waals surface area contributed by atoms with Gasteiger partial charge in [-0.1, -0.05) is 23.5 Å². The molecule has 1 N–H and O–H groups in total. The zero-order valence-electron chi connectivity index (χ0n) is 10.4. The molecule has 5 nitrogen and oxygen atoms in total. The molecule has 19 heavy (non-hydrogen) atoms. The van der Waals surface area contributed by atoms with Crippen LogP contribution in [0.5, 0.6) is 5.75 Å². The summed E-state index contributed by atoms with van der Waals surface area (Å²) in [5.41, 5.74) is 1.70. The Morgan fingerprint density at radius 1 is 1.37 bits per heavy atom. The van der Waals surface area contributed by atoms with Gasteiger partial charge in [-0.15, -0.1) is 5.10 Å². The van der Waals surface area contributed by atoms with Gasteiger partial charge < -0.3 is 5.11 Å². The van der Waals surface area contributed by atoms with Crippen LogP contribution in [0.3, 0.4) is 0 Å². The van der Waals surface area contributed by atoms with Crippen molar-refractivity contribution in [3.63, 3.8) is 0 Å². The Bertz CT molecular complexity index is 688. The van der Waals surface area contributed by atoms with Crippen molar-refractivity contribution in [1.82, 2.24) is 18.9 Å². The van der Waals surface area contributed by atoms with Gasteiger partial charge in [-0.25, -0.2) is 9.50 Å². The lowest BCUT2D eigenvalue weighted by Crippen LogP contribution is -1.98. The van der Waals surface area contributed by atoms with Crippen LogP contribution in [0.1, 0.15) is 0 Å². The normalized spacial score (nSPS) is 11.5. The third-order valence-corrected chi connectivity index (χ3v) is 4.22. The molecule has 0 aliphatic carbocycles. The van der Waals surface area contributed by atoms with Crippen molar-refractivity contribution in [1.29, 1.82) is 0 Å². The summed E-state index contributed by atoms with van der Waals surface area (Å²) in [6, 6.07) is 7.06. The molecule has 0 spiro atoms. The van der Waals surface area contributed by atoms with E-state index < -0.39 is 0 Å². The number of aromatic hydroxyl groups is 1. The Morgan fingerprint density at radius 2 is 2.21 bits per heavy atom. The van der Waals surface area contributed by atoms with Crippen molar-refractivity contribution >= 4 is 28.2 Å². The highest BCUT2D eigenvalue weighted by molar-refractivity contribution is 7.98. The van der Waals surface area contributed by atoms with Crippen LogP contribution in [0, 0.1) is 0 Å². The number of nitrogens with zero attached hydrogens (tertiary/aromatic N) is 4. The highest BCUT2D eigenvalue weighted by atomic mass is 32.2. The second-order valence-electron chi connectivity index (χ2n) is 4.18. The number of rotatable bonds is 3. The highest BCUT2D eigenvalue weighted by Crippen LogP contribution is 2.28. The predicted octanol–water partition coefficient (Wildman–Crippen LogP) is 2.73. The van der Waals surface area contributed by atoms with E-state index in [2.05, 4.69) is 10.1 Å². The first-order valence-corrected chi connectivity index (χ1v) is 7.22. The monoisotopic (exact) mass is 292 g/mol. The number of fused-ring (bicyclic) bond motifs is 1. The SMILES string of the molecule is CN(C)Sc1nn2cc(-c3cccc(O)c3)nc2s1. The fraction of sp³-hybridized carbons (Fsp3) is 0.167. The van der Waals surface area contributed by atoms with Crippen molar-refractivity contribution in [2.75, 3.05) is 14.1 Å². The zero-order chi connectivity index (χ0) is 13.4. The average Bonchev–Trinajstić information content (AvgIpc) is 2.85. The smallest absolute Gasteiger partial charge is 0.213 e. The molecule has 1 aromatic carbocycles. The summed E-state index contributed by atoms with van der Waals surface area (Å²) in [5.74, 6) is 0.241. The summed E-state index contributed by atoms with van der Waals surface area (Å²) in [6.07, 6.45) is 1.88. The van der Waals surface area contributed by atoms with Crippen LogP contribution in [0.4, 0.5) is 0 Å². The minimum atomic E-state index is 0.241. The van der Waals surface area contributed by atoms with Crippen LogP contribution in [0.25, 0.3) is 16.2 Å². The Balaban J connectivity index is 1.97. The molecule has 98 valence electrons. The van der Waals surface area contributed by atoms with Crippen LogP contribution in [-0.4, -0.2) is 38.1 Å². The Kier molecular flexibility index (Phi) is 3.17. The van der Waals surface area contributed by atoms with Crippen LogP contribution >= 0.6 is 23.3 Å². The summed E-state index contributed by atoms with van der Waals surface area (Å²) in [5, 5.41) is 13.9. The molecule has 7 heteroatoms. The average molecular weight is 292 g/mol. The van der Waals surface area contributed by atoms with Gasteiger partial charge in [-0.3, -0.25) is 4.31 Å². The maximum absolute atomic E-state index is 9.49. The highest BCUT2D eigenvalue weighted by Gasteiger charge is 2.11. The lowest BCUT2D eigenvalue weighted by molar-refractivity contribution is 0.475. The summed E-state index contributed by atoms with van der Waals surface area (Å²) in [7, 11) is 3.96. The summed E-state index contributed by atoms with van der Waals surface area (Å²) in [6.45, 7) is 0. The summed E-state index contributed by atoms with van der Waals surface area (Å²) >= 11 is 3.12. The number of benzene rings is 1. The Morgan fingerprint density at radius 3 is 2.89 bits per heavy atom. The van der Waals surface area contributed by atoms with Gasteiger partial charge in [0.1, 0.15) is 5.75 Å². The third kappa shape index (κ3) is 2.58. The van der Waals surface area contributed by atoms with Gasteiger partial charge in [0.15, 0.2) is 4.34 Å². The van der Waals surface area contributed by atoms with E-state index in [1.165, 1.54) is 0 Å². The lowest BCUT2D eigenvalue weighted by Gasteiger charge is -2.02. The Labute approximate surface area is 118 Å². The number of phenolic OH excluding ortho intramolecular Hbond substituents is 1. The van der Waals surface area contributed by atoms with E-state index in [1.54, 1.807) is 46.0 Å². The molecule has 3 rings (SSSR count). The van der Waals surface area contributed by atoms with E-state index in [1.807, 2.05) is 30.7 Å². The van der Waals surface area contributed by atoms with E-state index >= 15 is 0 Å². The van der Waals surface area contributed by atoms with E-state index in [4.69, 9.17) is 0 Å². The molecule has 0 unspecified atom stereocenters. The summed E-state index contributed by atoms with van der Waals surface area (Å²) in [4.78, 5) is 5.38. The molecular weight excluding hydrogens is 280 g/mol. The molecule has 0 fully saturated rings. The first-order valence-electron chi connectivity index (χ1n) is 5.63. The van der Waals surface area contributed by atoms with Gasteiger partial charge in [0.25, 0.3) is 0 Å². The minimum absolute atomic E-state index is 0.241. The number of phenols is 1. The number of imidazole rings is 1. The molecule has 2 heterocycles. The predicted molar refractivity (Wildman–Crippen MR) is 77.5 cm³/mol. The topological polar surface area (TPSA) is 53.7 Å². The van der Waals surface area contributed by atoms with Gasteiger partial charge in [-0.2, -0.15) is 0 Å². The minimum Gasteiger partial charge on any atom is -0.508 e. The summed E-state index contributed by atoms with van der Waals surface area (Å²) < 4.78 is 4.72. The van der Waals surface area contributed by atoms with Crippen LogP contribution in [0.15, 0.2) is 34.8 Å². The zero-order valence-corrected chi connectivity index (χ0v) is 12.1. The molecule has 0 saturated carbocycles. The van der Waals surface area contributed by atoms with Gasteiger partial charge in [0.05, 0.1) is 11.9 Å². The third-order valence-electron chi connectivity index (χ3n) is 2.43. The fourth-order valence-electron chi connectivity index (χ4n) is 1.68. The van der Waals surface area contributed by atoms with Crippen LogP contribution in [0.2, 0.25) is 0 Å². The molecule has 0 aliphatic rings. The maximum Gasteiger partial charge on any atom is 0.213 e. The molecule has 0 bridgehead atoms.